The van der Waals surface area contributed by atoms with Crippen molar-refractivity contribution in [3.05, 3.63) is 95.0 Å². The number of thioether (sulfide) groups is 1. The highest BCUT2D eigenvalue weighted by atomic mass is 32.2. The van der Waals surface area contributed by atoms with Crippen LogP contribution in [0.4, 0.5) is 0 Å². The average Bonchev–Trinajstić information content (AvgIpc) is 3.35. The quantitative estimate of drug-likeness (QED) is 0.111. The van der Waals surface area contributed by atoms with Crippen molar-refractivity contribution >= 4 is 57.2 Å². The normalized spacial score (nSPS) is 16.3. The second-order valence-electron chi connectivity index (χ2n) is 10.8. The highest BCUT2D eigenvalue weighted by Gasteiger charge is 2.32. The molecular formula is C35H33N3O6S2. The molecule has 9 nitrogen and oxygen atoms in total. The summed E-state index contributed by atoms with van der Waals surface area (Å²) in [4.78, 5) is 33.6. The van der Waals surface area contributed by atoms with Crippen molar-refractivity contribution in [1.82, 2.24) is 14.8 Å². The Labute approximate surface area is 276 Å². The van der Waals surface area contributed by atoms with Crippen LogP contribution in [0.2, 0.25) is 0 Å². The first kappa shape index (κ1) is 31.7. The van der Waals surface area contributed by atoms with Crippen LogP contribution >= 0.6 is 24.0 Å². The summed E-state index contributed by atoms with van der Waals surface area (Å²) in [5, 5.41) is 10.1. The van der Waals surface area contributed by atoms with Gasteiger partial charge in [-0.05, 0) is 66.6 Å². The number of nitrogens with zero attached hydrogens (tertiary/aromatic N) is 3. The number of carboxylic acid groups (broad SMARTS) is 1. The number of morpholine rings is 1. The highest BCUT2D eigenvalue weighted by molar-refractivity contribution is 8.26. The summed E-state index contributed by atoms with van der Waals surface area (Å²) < 4.78 is 18.0. The molecule has 1 amide bonds. The summed E-state index contributed by atoms with van der Waals surface area (Å²) in [5.41, 5.74) is 3.86. The fraction of sp³-hybridized carbons (Fsp3) is 0.257. The molecule has 2 aliphatic heterocycles. The van der Waals surface area contributed by atoms with Gasteiger partial charge in [0.2, 0.25) is 0 Å². The number of rotatable bonds is 12. The molecule has 0 unspecified atom stereocenters. The first-order valence-electron chi connectivity index (χ1n) is 15.1. The number of carboxylic acids is 1. The van der Waals surface area contributed by atoms with Crippen LogP contribution in [0.3, 0.4) is 0 Å². The predicted molar refractivity (Wildman–Crippen MR) is 183 cm³/mol. The Morgan fingerprint density at radius 2 is 1.78 bits per heavy atom. The number of carbonyl (C=O) groups is 2. The lowest BCUT2D eigenvalue weighted by Gasteiger charge is -2.26. The molecule has 0 atom stereocenters. The van der Waals surface area contributed by atoms with Gasteiger partial charge in [-0.15, -0.1) is 0 Å². The van der Waals surface area contributed by atoms with Gasteiger partial charge < -0.3 is 19.3 Å². The molecule has 0 bridgehead atoms. The van der Waals surface area contributed by atoms with Crippen LogP contribution in [0.5, 0.6) is 11.5 Å². The largest absolute Gasteiger partial charge is 0.494 e. The van der Waals surface area contributed by atoms with E-state index in [1.54, 1.807) is 17.0 Å². The van der Waals surface area contributed by atoms with Crippen LogP contribution in [0.15, 0.2) is 83.9 Å². The predicted octanol–water partition coefficient (Wildman–Crippen LogP) is 5.98. The van der Waals surface area contributed by atoms with Crippen molar-refractivity contribution in [2.45, 2.75) is 6.42 Å². The van der Waals surface area contributed by atoms with Gasteiger partial charge >= 0.3 is 5.97 Å². The summed E-state index contributed by atoms with van der Waals surface area (Å²) in [6.45, 7) is 5.28. The van der Waals surface area contributed by atoms with E-state index in [-0.39, 0.29) is 11.5 Å². The van der Waals surface area contributed by atoms with Crippen LogP contribution < -0.4 is 9.47 Å². The second-order valence-corrected chi connectivity index (χ2v) is 12.5. The van der Waals surface area contributed by atoms with E-state index in [4.69, 9.17) is 31.5 Å². The number of pyridine rings is 1. The Morgan fingerprint density at radius 1 is 0.978 bits per heavy atom. The smallest absolute Gasteiger partial charge is 0.335 e. The van der Waals surface area contributed by atoms with Crippen LogP contribution in [-0.4, -0.2) is 88.7 Å². The van der Waals surface area contributed by atoms with E-state index >= 15 is 0 Å². The van der Waals surface area contributed by atoms with Gasteiger partial charge in [0.15, 0.2) is 0 Å². The fourth-order valence-electron chi connectivity index (χ4n) is 5.25. The molecule has 0 saturated carbocycles. The van der Waals surface area contributed by atoms with Crippen LogP contribution in [0, 0.1) is 0 Å². The Morgan fingerprint density at radius 3 is 2.59 bits per heavy atom. The number of carbonyl (C=O) groups excluding carboxylic acids is 1. The van der Waals surface area contributed by atoms with E-state index in [0.717, 1.165) is 60.4 Å². The van der Waals surface area contributed by atoms with E-state index in [2.05, 4.69) is 16.0 Å². The van der Waals surface area contributed by atoms with Gasteiger partial charge in [0, 0.05) is 48.9 Å². The zero-order valence-electron chi connectivity index (χ0n) is 25.1. The van der Waals surface area contributed by atoms with E-state index in [9.17, 15) is 9.59 Å². The third-order valence-electron chi connectivity index (χ3n) is 7.76. The number of ether oxygens (including phenoxy) is 3. The molecule has 1 aromatic heterocycles. The van der Waals surface area contributed by atoms with Crippen molar-refractivity contribution in [3.63, 3.8) is 0 Å². The minimum Gasteiger partial charge on any atom is -0.494 e. The summed E-state index contributed by atoms with van der Waals surface area (Å²) in [6.07, 6.45) is 4.28. The Kier molecular flexibility index (Phi) is 10.2. The molecule has 1 N–H and O–H groups in total. The summed E-state index contributed by atoms with van der Waals surface area (Å²) in [7, 11) is 0. The fourth-order valence-corrected chi connectivity index (χ4v) is 6.55. The molecule has 2 fully saturated rings. The molecule has 0 radical (unpaired) electrons. The van der Waals surface area contributed by atoms with Gasteiger partial charge in [-0.25, -0.2) is 4.79 Å². The highest BCUT2D eigenvalue weighted by Crippen LogP contribution is 2.36. The molecule has 236 valence electrons. The molecule has 0 aliphatic carbocycles. The number of benzene rings is 3. The van der Waals surface area contributed by atoms with E-state index < -0.39 is 5.97 Å². The molecule has 46 heavy (non-hydrogen) atoms. The number of thiocarbonyl (C=S) groups is 1. The summed E-state index contributed by atoms with van der Waals surface area (Å²) in [6, 6.07) is 22.4. The molecule has 3 heterocycles. The Bertz CT molecular complexity index is 1770. The number of aromatic carboxylic acids is 1. The zero-order valence-corrected chi connectivity index (χ0v) is 26.7. The third kappa shape index (κ3) is 7.73. The molecule has 3 aromatic carbocycles. The monoisotopic (exact) mass is 655 g/mol. The minimum absolute atomic E-state index is 0.155. The van der Waals surface area contributed by atoms with Crippen molar-refractivity contribution in [2.75, 3.05) is 52.6 Å². The first-order valence-corrected chi connectivity index (χ1v) is 16.3. The lowest BCUT2D eigenvalue weighted by molar-refractivity contribution is -0.122. The number of hydrogen-bond donors (Lipinski definition) is 1. The maximum Gasteiger partial charge on any atom is 0.335 e. The number of amides is 1. The number of para-hydroxylation sites is 1. The van der Waals surface area contributed by atoms with Gasteiger partial charge in [-0.1, -0.05) is 48.2 Å². The first-order chi connectivity index (χ1) is 22.4. The van der Waals surface area contributed by atoms with Gasteiger partial charge in [0.05, 0.1) is 35.8 Å². The zero-order chi connectivity index (χ0) is 31.9. The second kappa shape index (κ2) is 14.9. The van der Waals surface area contributed by atoms with E-state index in [0.29, 0.717) is 46.9 Å². The van der Waals surface area contributed by atoms with Crippen LogP contribution in [0.25, 0.3) is 28.1 Å². The topological polar surface area (TPSA) is 101 Å². The van der Waals surface area contributed by atoms with Gasteiger partial charge in [-0.3, -0.25) is 19.6 Å². The average molecular weight is 656 g/mol. The molecule has 0 spiro atoms. The molecular weight excluding hydrogens is 623 g/mol. The molecule has 2 aliphatic rings. The molecule has 6 rings (SSSR count). The maximum atomic E-state index is 13.5. The van der Waals surface area contributed by atoms with Crippen molar-refractivity contribution < 1.29 is 28.9 Å². The summed E-state index contributed by atoms with van der Waals surface area (Å²) in [5.74, 6) is 0.118. The van der Waals surface area contributed by atoms with Gasteiger partial charge in [-0.2, -0.15) is 0 Å². The van der Waals surface area contributed by atoms with Crippen LogP contribution in [-0.2, 0) is 9.53 Å². The maximum absolute atomic E-state index is 13.5. The minimum atomic E-state index is -0.988. The summed E-state index contributed by atoms with van der Waals surface area (Å²) >= 11 is 6.87. The Hall–Kier alpha value is -4.29. The van der Waals surface area contributed by atoms with Gasteiger partial charge in [0.1, 0.15) is 22.4 Å². The van der Waals surface area contributed by atoms with Gasteiger partial charge in [0.25, 0.3) is 5.91 Å². The molecule has 4 aromatic rings. The van der Waals surface area contributed by atoms with Crippen molar-refractivity contribution in [1.29, 1.82) is 0 Å². The third-order valence-corrected chi connectivity index (χ3v) is 9.14. The van der Waals surface area contributed by atoms with Crippen molar-refractivity contribution in [3.8, 4) is 22.6 Å². The Balaban J connectivity index is 1.16. The van der Waals surface area contributed by atoms with E-state index in [1.807, 2.05) is 54.7 Å². The lowest BCUT2D eigenvalue weighted by atomic mass is 10.0. The van der Waals surface area contributed by atoms with E-state index in [1.165, 1.54) is 23.9 Å². The SMILES string of the molecule is O=C(O)c1ccc(OCCCN2C(=O)/C(=C/c3cc(-c4cnc5ccccc5c4)ccc3OCCN3CCOCC3)SC2=S)cc1. The molecule has 11 heteroatoms. The standard InChI is InChI=1S/C35H33N3O6S2/c39-33-32(46-35(45)38(33)12-3-16-43-29-9-6-24(7-10-29)34(40)41)22-27-20-25(28-21-26-4-1-2-5-30(26)36-23-28)8-11-31(27)44-19-15-37-13-17-42-18-14-37/h1-2,4-11,20-23H,3,12-19H2,(H,40,41)/b32-22-. The number of hydrogen-bond acceptors (Lipinski definition) is 9. The number of aromatic nitrogens is 1. The lowest BCUT2D eigenvalue weighted by Crippen LogP contribution is -2.38. The van der Waals surface area contributed by atoms with Crippen LogP contribution in [0.1, 0.15) is 22.3 Å². The molecule has 2 saturated heterocycles. The van der Waals surface area contributed by atoms with Crippen molar-refractivity contribution in [2.24, 2.45) is 0 Å². The number of fused-ring (bicyclic) bond motifs is 1.